The molecule has 2 aromatic rings. The molecule has 1 aliphatic heterocycles. The smallest absolute Gasteiger partial charge is 0.309 e. The van der Waals surface area contributed by atoms with Gasteiger partial charge >= 0.3 is 8.42 Å². The Balaban J connectivity index is 1.93. The fraction of sp³-hybridized carbons (Fsp3) is 0.353. The predicted molar refractivity (Wildman–Crippen MR) is 93.8 cm³/mol. The van der Waals surface area contributed by atoms with Crippen LogP contribution >= 0.6 is 8.42 Å². The van der Waals surface area contributed by atoms with E-state index in [1.807, 2.05) is 12.1 Å². The quantitative estimate of drug-likeness (QED) is 0.703. The molecule has 0 atom stereocenters. The number of aromatic nitrogens is 2. The maximum atomic E-state index is 12.7. The van der Waals surface area contributed by atoms with Crippen LogP contribution in [0.4, 0.5) is 18.3 Å². The third kappa shape index (κ3) is 3.57. The SMILES string of the molecule is Cc1ncc(-c2ccc3c(c2)N(CCO[P+](F)(F)F)C(=O)C3(C)C)cn1. The summed E-state index contributed by atoms with van der Waals surface area (Å²) in [4.78, 5) is 22.4. The molecule has 5 nitrogen and oxygen atoms in total. The number of anilines is 1. The average Bonchev–Trinajstić information content (AvgIpc) is 2.75. The van der Waals surface area contributed by atoms with Crippen molar-refractivity contribution in [2.75, 3.05) is 18.1 Å². The van der Waals surface area contributed by atoms with Gasteiger partial charge in [0.05, 0.1) is 24.6 Å². The Morgan fingerprint density at radius 2 is 1.81 bits per heavy atom. The molecule has 2 heterocycles. The lowest BCUT2D eigenvalue weighted by Crippen LogP contribution is -2.37. The van der Waals surface area contributed by atoms with Crippen LogP contribution in [0, 0.1) is 6.92 Å². The monoisotopic (exact) mass is 384 g/mol. The lowest BCUT2D eigenvalue weighted by Gasteiger charge is -2.19. The summed E-state index contributed by atoms with van der Waals surface area (Å²) in [6, 6.07) is 5.49. The molecule has 1 aliphatic rings. The van der Waals surface area contributed by atoms with Gasteiger partial charge in [-0.25, -0.2) is 9.97 Å². The van der Waals surface area contributed by atoms with Crippen LogP contribution in [0.1, 0.15) is 25.2 Å². The van der Waals surface area contributed by atoms with Crippen molar-refractivity contribution in [3.8, 4) is 11.1 Å². The number of aryl methyl sites for hydroxylation is 1. The van der Waals surface area contributed by atoms with Gasteiger partial charge in [-0.2, -0.15) is 0 Å². The minimum absolute atomic E-state index is 0.150. The summed E-state index contributed by atoms with van der Waals surface area (Å²) >= 11 is 0. The zero-order valence-corrected chi connectivity index (χ0v) is 15.4. The highest BCUT2D eigenvalue weighted by Gasteiger charge is 2.48. The van der Waals surface area contributed by atoms with Crippen molar-refractivity contribution in [1.29, 1.82) is 0 Å². The van der Waals surface area contributed by atoms with Gasteiger partial charge in [-0.1, -0.05) is 12.1 Å². The Bertz CT molecular complexity index is 838. The van der Waals surface area contributed by atoms with Crippen LogP contribution in [0.25, 0.3) is 11.1 Å². The zero-order chi connectivity index (χ0) is 19.1. The predicted octanol–water partition coefficient (Wildman–Crippen LogP) is 4.68. The summed E-state index contributed by atoms with van der Waals surface area (Å²) in [6.07, 6.45) is 3.35. The summed E-state index contributed by atoms with van der Waals surface area (Å²) in [5.41, 5.74) is 2.14. The van der Waals surface area contributed by atoms with Crippen molar-refractivity contribution in [2.24, 2.45) is 0 Å². The van der Waals surface area contributed by atoms with Crippen LogP contribution in [-0.2, 0) is 14.7 Å². The molecule has 1 aromatic heterocycles. The molecule has 9 heteroatoms. The summed E-state index contributed by atoms with van der Waals surface area (Å²) < 4.78 is 41.0. The first-order chi connectivity index (χ1) is 12.1. The molecule has 0 radical (unpaired) electrons. The summed E-state index contributed by atoms with van der Waals surface area (Å²) in [5, 5.41) is 0. The Morgan fingerprint density at radius 3 is 2.42 bits per heavy atom. The molecule has 0 fully saturated rings. The Hall–Kier alpha value is -2.05. The Kier molecular flexibility index (Phi) is 4.75. The van der Waals surface area contributed by atoms with E-state index in [4.69, 9.17) is 0 Å². The van der Waals surface area contributed by atoms with E-state index in [1.54, 1.807) is 39.2 Å². The van der Waals surface area contributed by atoms with Crippen LogP contribution in [0.3, 0.4) is 0 Å². The molecule has 0 N–H and O–H groups in total. The van der Waals surface area contributed by atoms with Gasteiger partial charge in [0.25, 0.3) is 0 Å². The second-order valence-electron chi connectivity index (χ2n) is 6.56. The van der Waals surface area contributed by atoms with Crippen LogP contribution in [0.15, 0.2) is 30.6 Å². The number of nitrogens with zero attached hydrogens (tertiary/aromatic N) is 3. The van der Waals surface area contributed by atoms with Gasteiger partial charge in [-0.15, -0.1) is 4.52 Å². The molecule has 0 saturated heterocycles. The van der Waals surface area contributed by atoms with Gasteiger partial charge < -0.3 is 4.90 Å². The molecule has 1 amide bonds. The number of fused-ring (bicyclic) bond motifs is 1. The van der Waals surface area contributed by atoms with Gasteiger partial charge in [0.1, 0.15) is 12.4 Å². The van der Waals surface area contributed by atoms with Crippen LogP contribution in [0.5, 0.6) is 0 Å². The largest absolute Gasteiger partial charge is 0.711 e. The first-order valence-corrected chi connectivity index (χ1v) is 9.35. The van der Waals surface area contributed by atoms with Crippen molar-refractivity contribution in [3.05, 3.63) is 42.0 Å². The van der Waals surface area contributed by atoms with Crippen LogP contribution < -0.4 is 4.90 Å². The minimum atomic E-state index is -5.83. The molecule has 138 valence electrons. The molecule has 0 saturated carbocycles. The lowest BCUT2D eigenvalue weighted by atomic mass is 9.85. The number of benzene rings is 1. The van der Waals surface area contributed by atoms with E-state index in [0.29, 0.717) is 11.5 Å². The van der Waals surface area contributed by atoms with E-state index in [9.17, 15) is 17.4 Å². The first kappa shape index (κ1) is 18.7. The molecule has 0 spiro atoms. The number of rotatable bonds is 5. The highest BCUT2D eigenvalue weighted by Crippen LogP contribution is 2.65. The van der Waals surface area contributed by atoms with E-state index in [-0.39, 0.29) is 12.5 Å². The van der Waals surface area contributed by atoms with E-state index >= 15 is 0 Å². The molecule has 0 bridgehead atoms. The summed E-state index contributed by atoms with van der Waals surface area (Å²) in [5.74, 6) is 0.398. The Labute approximate surface area is 150 Å². The molecule has 26 heavy (non-hydrogen) atoms. The standard InChI is InChI=1S/C17H18F3N3O2P/c1-11-21-9-13(10-22-11)12-4-5-14-15(8-12)23(16(24)17(14,2)3)6-7-25-26(18,19)20/h4-5,8-10H,6-7H2,1-3H3/q+1. The third-order valence-corrected chi connectivity index (χ3v) is 4.88. The van der Waals surface area contributed by atoms with Crippen LogP contribution in [0.2, 0.25) is 0 Å². The molecular weight excluding hydrogens is 366 g/mol. The molecule has 0 unspecified atom stereocenters. The van der Waals surface area contributed by atoms with Gasteiger partial charge in [0.15, 0.2) is 0 Å². The second-order valence-corrected chi connectivity index (χ2v) is 7.62. The second kappa shape index (κ2) is 6.59. The van der Waals surface area contributed by atoms with E-state index < -0.39 is 20.4 Å². The first-order valence-electron chi connectivity index (χ1n) is 7.97. The van der Waals surface area contributed by atoms with Crippen LogP contribution in [-0.4, -0.2) is 29.0 Å². The Morgan fingerprint density at radius 1 is 1.15 bits per heavy atom. The van der Waals surface area contributed by atoms with Gasteiger partial charge in [-0.3, -0.25) is 4.79 Å². The fourth-order valence-electron chi connectivity index (χ4n) is 3.02. The maximum absolute atomic E-state index is 12.7. The van der Waals surface area contributed by atoms with Crippen molar-refractivity contribution in [1.82, 2.24) is 9.97 Å². The summed E-state index contributed by atoms with van der Waals surface area (Å²) in [6.45, 7) is 4.58. The normalized spacial score (nSPS) is 16.1. The minimum Gasteiger partial charge on any atom is -0.309 e. The maximum Gasteiger partial charge on any atom is 0.711 e. The highest BCUT2D eigenvalue weighted by atomic mass is 31.3. The number of halogens is 3. The van der Waals surface area contributed by atoms with E-state index in [1.165, 1.54) is 4.90 Å². The number of hydrogen-bond donors (Lipinski definition) is 0. The highest BCUT2D eigenvalue weighted by molar-refractivity contribution is 7.55. The van der Waals surface area contributed by atoms with E-state index in [0.717, 1.165) is 16.7 Å². The molecule has 0 aliphatic carbocycles. The van der Waals surface area contributed by atoms with Gasteiger partial charge in [0.2, 0.25) is 5.91 Å². The van der Waals surface area contributed by atoms with Crippen molar-refractivity contribution in [2.45, 2.75) is 26.2 Å². The number of amides is 1. The number of hydrogen-bond acceptors (Lipinski definition) is 4. The third-order valence-electron chi connectivity index (χ3n) is 4.41. The van der Waals surface area contributed by atoms with E-state index in [2.05, 4.69) is 14.5 Å². The summed E-state index contributed by atoms with van der Waals surface area (Å²) in [7, 11) is -5.83. The lowest BCUT2D eigenvalue weighted by molar-refractivity contribution is -0.122. The van der Waals surface area contributed by atoms with Gasteiger partial charge in [-0.05, 0) is 38.0 Å². The van der Waals surface area contributed by atoms with Gasteiger partial charge in [0, 0.05) is 23.6 Å². The topological polar surface area (TPSA) is 55.3 Å². The molecular formula is C17H18F3N3O2P+. The molecule has 3 rings (SSSR count). The average molecular weight is 384 g/mol. The number of carbonyl (C=O) groups excluding carboxylic acids is 1. The molecule has 1 aromatic carbocycles. The zero-order valence-electron chi connectivity index (χ0n) is 14.5. The van der Waals surface area contributed by atoms with Crippen molar-refractivity contribution >= 4 is 20.0 Å². The number of carbonyl (C=O) groups is 1. The fourth-order valence-corrected chi connectivity index (χ4v) is 3.31. The van der Waals surface area contributed by atoms with Crippen molar-refractivity contribution < 1.29 is 21.9 Å². The van der Waals surface area contributed by atoms with Crippen molar-refractivity contribution in [3.63, 3.8) is 0 Å².